The summed E-state index contributed by atoms with van der Waals surface area (Å²) in [6.45, 7) is 11.3. The number of pyridine rings is 1. The summed E-state index contributed by atoms with van der Waals surface area (Å²) in [7, 11) is 0. The van der Waals surface area contributed by atoms with Crippen LogP contribution in [0.4, 0.5) is 5.69 Å². The number of aromatic amines is 1. The van der Waals surface area contributed by atoms with Crippen molar-refractivity contribution >= 4 is 16.6 Å². The van der Waals surface area contributed by atoms with Gasteiger partial charge < -0.3 is 9.88 Å². The van der Waals surface area contributed by atoms with Gasteiger partial charge in [-0.3, -0.25) is 4.79 Å². The predicted molar refractivity (Wildman–Crippen MR) is 131 cm³/mol. The molecule has 3 heterocycles. The highest BCUT2D eigenvalue weighted by Gasteiger charge is 2.36. The summed E-state index contributed by atoms with van der Waals surface area (Å²) < 4.78 is 1.89. The molecule has 0 saturated carbocycles. The quantitative estimate of drug-likeness (QED) is 0.495. The third-order valence-electron chi connectivity index (χ3n) is 7.18. The van der Waals surface area contributed by atoms with Gasteiger partial charge >= 0.3 is 0 Å². The lowest BCUT2D eigenvalue weighted by Gasteiger charge is -2.32. The zero-order valence-corrected chi connectivity index (χ0v) is 19.9. The van der Waals surface area contributed by atoms with Gasteiger partial charge in [-0.05, 0) is 79.8 Å². The van der Waals surface area contributed by atoms with Gasteiger partial charge in [0.05, 0.1) is 11.1 Å². The van der Waals surface area contributed by atoms with E-state index in [9.17, 15) is 4.79 Å². The number of H-pyrrole nitrogens is 1. The Balaban J connectivity index is 1.79. The minimum absolute atomic E-state index is 0.102. The first-order valence-corrected chi connectivity index (χ1v) is 11.6. The molecular formula is C26H30N6O. The molecule has 33 heavy (non-hydrogen) atoms. The van der Waals surface area contributed by atoms with E-state index in [1.165, 1.54) is 5.56 Å². The SMILES string of the molecule is CCC(C)(C)n1nnnc1[C@@H](c1cc2c(C)ccc(C)c2[nH]c1=O)N1CCc2ccccc21. The summed E-state index contributed by atoms with van der Waals surface area (Å²) in [5, 5.41) is 14.0. The third kappa shape index (κ3) is 3.43. The van der Waals surface area contributed by atoms with E-state index >= 15 is 0 Å². The minimum atomic E-state index is -0.400. The van der Waals surface area contributed by atoms with Crippen molar-refractivity contribution in [1.82, 2.24) is 25.2 Å². The summed E-state index contributed by atoms with van der Waals surface area (Å²) in [5.74, 6) is 0.689. The number of hydrogen-bond acceptors (Lipinski definition) is 5. The Morgan fingerprint density at radius 2 is 1.88 bits per heavy atom. The zero-order chi connectivity index (χ0) is 23.3. The van der Waals surface area contributed by atoms with E-state index in [1.54, 1.807) is 0 Å². The molecule has 7 nitrogen and oxygen atoms in total. The number of nitrogens with zero attached hydrogens (tertiary/aromatic N) is 5. The third-order valence-corrected chi connectivity index (χ3v) is 7.18. The van der Waals surface area contributed by atoms with Gasteiger partial charge in [-0.2, -0.15) is 0 Å². The highest BCUT2D eigenvalue weighted by Crippen LogP contribution is 2.38. The summed E-state index contributed by atoms with van der Waals surface area (Å²) in [4.78, 5) is 19.0. The maximum atomic E-state index is 13.6. The molecule has 1 aliphatic heterocycles. The zero-order valence-electron chi connectivity index (χ0n) is 19.9. The Morgan fingerprint density at radius 1 is 1.12 bits per heavy atom. The highest BCUT2D eigenvalue weighted by molar-refractivity contribution is 5.85. The second-order valence-electron chi connectivity index (χ2n) is 9.63. The first-order chi connectivity index (χ1) is 15.8. The number of benzene rings is 2. The van der Waals surface area contributed by atoms with Crippen LogP contribution in [0.1, 0.15) is 61.3 Å². The molecule has 0 amide bonds. The Morgan fingerprint density at radius 3 is 2.67 bits per heavy atom. The van der Waals surface area contributed by atoms with Gasteiger partial charge in [-0.15, -0.1) is 5.10 Å². The largest absolute Gasteiger partial charge is 0.357 e. The molecule has 0 fully saturated rings. The number of fused-ring (bicyclic) bond motifs is 2. The molecule has 0 radical (unpaired) electrons. The molecule has 1 aliphatic rings. The molecule has 1 atom stereocenters. The fraction of sp³-hybridized carbons (Fsp3) is 0.385. The molecule has 2 aromatic heterocycles. The average Bonchev–Trinajstić information content (AvgIpc) is 3.46. The van der Waals surface area contributed by atoms with Crippen LogP contribution in [0.5, 0.6) is 0 Å². The van der Waals surface area contributed by atoms with Crippen molar-refractivity contribution in [2.75, 3.05) is 11.4 Å². The lowest BCUT2D eigenvalue weighted by atomic mass is 9.97. The maximum Gasteiger partial charge on any atom is 0.254 e. The molecule has 2 aromatic carbocycles. The van der Waals surface area contributed by atoms with Gasteiger partial charge in [-0.1, -0.05) is 37.3 Å². The lowest BCUT2D eigenvalue weighted by Crippen LogP contribution is -2.37. The summed E-state index contributed by atoms with van der Waals surface area (Å²) in [5.41, 5.74) is 5.75. The Kier molecular flexibility index (Phi) is 5.07. The number of anilines is 1. The second-order valence-corrected chi connectivity index (χ2v) is 9.63. The molecule has 0 spiro atoms. The monoisotopic (exact) mass is 442 g/mol. The van der Waals surface area contributed by atoms with E-state index in [4.69, 9.17) is 0 Å². The van der Waals surface area contributed by atoms with Crippen molar-refractivity contribution in [2.24, 2.45) is 0 Å². The van der Waals surface area contributed by atoms with E-state index in [0.717, 1.165) is 47.1 Å². The van der Waals surface area contributed by atoms with Crippen molar-refractivity contribution in [3.8, 4) is 0 Å². The number of aromatic nitrogens is 5. The molecule has 0 unspecified atom stereocenters. The van der Waals surface area contributed by atoms with Gasteiger partial charge in [0.15, 0.2) is 5.82 Å². The van der Waals surface area contributed by atoms with Gasteiger partial charge in [0, 0.05) is 23.2 Å². The van der Waals surface area contributed by atoms with E-state index in [1.807, 2.05) is 29.8 Å². The summed E-state index contributed by atoms with van der Waals surface area (Å²) in [6, 6.07) is 14.2. The lowest BCUT2D eigenvalue weighted by molar-refractivity contribution is 0.287. The molecule has 4 aromatic rings. The molecule has 7 heteroatoms. The fourth-order valence-electron chi connectivity index (χ4n) is 4.82. The summed E-state index contributed by atoms with van der Waals surface area (Å²) in [6.07, 6.45) is 1.79. The van der Waals surface area contributed by atoms with Crippen LogP contribution >= 0.6 is 0 Å². The second kappa shape index (κ2) is 7.83. The molecular weight excluding hydrogens is 412 g/mol. The number of aryl methyl sites for hydroxylation is 2. The number of tetrazole rings is 1. The van der Waals surface area contributed by atoms with E-state index in [-0.39, 0.29) is 11.1 Å². The number of hydrogen-bond donors (Lipinski definition) is 1. The van der Waals surface area contributed by atoms with Crippen molar-refractivity contribution in [3.63, 3.8) is 0 Å². The molecule has 0 bridgehead atoms. The maximum absolute atomic E-state index is 13.6. The molecule has 5 rings (SSSR count). The van der Waals surface area contributed by atoms with Gasteiger partial charge in [0.1, 0.15) is 6.04 Å². The topological polar surface area (TPSA) is 79.7 Å². The first-order valence-electron chi connectivity index (χ1n) is 11.6. The van der Waals surface area contributed by atoms with Gasteiger partial charge in [-0.25, -0.2) is 4.68 Å². The van der Waals surface area contributed by atoms with Crippen LogP contribution in [0.15, 0.2) is 47.3 Å². The van der Waals surface area contributed by atoms with Crippen LogP contribution in [0.3, 0.4) is 0 Å². The molecule has 1 N–H and O–H groups in total. The molecule has 0 aliphatic carbocycles. The van der Waals surface area contributed by atoms with E-state index in [0.29, 0.717) is 11.4 Å². The van der Waals surface area contributed by atoms with Crippen molar-refractivity contribution in [2.45, 2.75) is 59.0 Å². The van der Waals surface area contributed by atoms with Gasteiger partial charge in [0.25, 0.3) is 5.56 Å². The van der Waals surface area contributed by atoms with E-state index < -0.39 is 6.04 Å². The highest BCUT2D eigenvalue weighted by atomic mass is 16.1. The predicted octanol–water partition coefficient (Wildman–Crippen LogP) is 4.43. The van der Waals surface area contributed by atoms with Crippen LogP contribution in [0.25, 0.3) is 10.9 Å². The number of rotatable bonds is 5. The molecule has 170 valence electrons. The normalized spacial score (nSPS) is 14.6. The van der Waals surface area contributed by atoms with Crippen molar-refractivity contribution in [3.05, 3.63) is 80.9 Å². The standard InChI is InChI=1S/C26H30N6O/c1-6-26(4,5)32-24(28-29-30-32)23(31-14-13-18-9-7-8-10-21(18)31)20-15-19-16(2)11-12-17(3)22(19)27-25(20)33/h7-12,15,23H,6,13-14H2,1-5H3,(H,27,33)/t23-/m1/s1. The number of nitrogens with one attached hydrogen (secondary N) is 1. The van der Waals surface area contributed by atoms with Crippen LogP contribution in [0.2, 0.25) is 0 Å². The van der Waals surface area contributed by atoms with Crippen LogP contribution in [-0.2, 0) is 12.0 Å². The van der Waals surface area contributed by atoms with Crippen LogP contribution in [-0.4, -0.2) is 31.7 Å². The smallest absolute Gasteiger partial charge is 0.254 e. The van der Waals surface area contributed by atoms with Gasteiger partial charge in [0.2, 0.25) is 0 Å². The Bertz CT molecular complexity index is 1400. The summed E-state index contributed by atoms with van der Waals surface area (Å²) >= 11 is 0. The fourth-order valence-corrected chi connectivity index (χ4v) is 4.82. The van der Waals surface area contributed by atoms with Crippen molar-refractivity contribution in [1.29, 1.82) is 0 Å². The minimum Gasteiger partial charge on any atom is -0.357 e. The van der Waals surface area contributed by atoms with E-state index in [2.05, 4.69) is 77.4 Å². The average molecular weight is 443 g/mol. The first kappa shape index (κ1) is 21.4. The Hall–Kier alpha value is -3.48. The van der Waals surface area contributed by atoms with Crippen LogP contribution in [0, 0.1) is 13.8 Å². The Labute approximate surface area is 193 Å². The number of para-hydroxylation sites is 1. The van der Waals surface area contributed by atoms with Crippen molar-refractivity contribution < 1.29 is 0 Å². The molecule has 0 saturated heterocycles. The van der Waals surface area contributed by atoms with Crippen LogP contribution < -0.4 is 10.5 Å².